The minimum atomic E-state index is 0.532. The van der Waals surface area contributed by atoms with Crippen molar-refractivity contribution >= 4 is 0 Å². The van der Waals surface area contributed by atoms with E-state index in [1.807, 2.05) is 13.0 Å². The Kier molecular flexibility index (Phi) is 3.56. The first-order valence-corrected chi connectivity index (χ1v) is 7.14. The third-order valence-corrected chi connectivity index (χ3v) is 3.47. The number of aryl methyl sites for hydroxylation is 1. The zero-order chi connectivity index (χ0) is 14.8. The quantitative estimate of drug-likeness (QED) is 0.771. The molecule has 2 heterocycles. The lowest BCUT2D eigenvalue weighted by Crippen LogP contribution is -1.91. The summed E-state index contributed by atoms with van der Waals surface area (Å²) < 4.78 is 0. The summed E-state index contributed by atoms with van der Waals surface area (Å²) in [5.41, 5.74) is 4.36. The molecule has 0 saturated carbocycles. The van der Waals surface area contributed by atoms with Crippen LogP contribution in [0.15, 0.2) is 30.3 Å². The number of nitrogens with zero attached hydrogens (tertiary/aromatic N) is 3. The number of rotatable bonds is 4. The van der Waals surface area contributed by atoms with Crippen molar-refractivity contribution in [2.24, 2.45) is 0 Å². The van der Waals surface area contributed by atoms with Crippen molar-refractivity contribution in [3.63, 3.8) is 0 Å². The van der Waals surface area contributed by atoms with Crippen LogP contribution in [-0.2, 0) is 6.42 Å². The number of hydrogen-bond donors (Lipinski definition) is 2. The lowest BCUT2D eigenvalue weighted by Gasteiger charge is -2.04. The Hall–Kier alpha value is -2.43. The molecular formula is C16H19N5. The van der Waals surface area contributed by atoms with E-state index in [4.69, 9.17) is 0 Å². The van der Waals surface area contributed by atoms with E-state index >= 15 is 0 Å². The highest BCUT2D eigenvalue weighted by atomic mass is 15.2. The minimum absolute atomic E-state index is 0.532. The molecule has 2 N–H and O–H groups in total. The summed E-state index contributed by atoms with van der Waals surface area (Å²) in [6.45, 7) is 6.36. The van der Waals surface area contributed by atoms with E-state index in [1.165, 1.54) is 5.56 Å². The van der Waals surface area contributed by atoms with Gasteiger partial charge in [0.05, 0.1) is 12.1 Å². The molecule has 0 aliphatic heterocycles. The Labute approximate surface area is 123 Å². The molecule has 5 nitrogen and oxygen atoms in total. The summed E-state index contributed by atoms with van der Waals surface area (Å²) in [6.07, 6.45) is 0.654. The standard InChI is InChI=1S/C16H19N5/c1-10(2)12-4-6-13(7-5-12)16-17-15(20-21-16)9-14-8-11(3)18-19-14/h4-8,10H,9H2,1-3H3,(H,18,19)(H,17,20,21). The van der Waals surface area contributed by atoms with Crippen LogP contribution in [-0.4, -0.2) is 25.4 Å². The van der Waals surface area contributed by atoms with Gasteiger partial charge < -0.3 is 0 Å². The maximum Gasteiger partial charge on any atom is 0.181 e. The largest absolute Gasteiger partial charge is 0.283 e. The fourth-order valence-electron chi connectivity index (χ4n) is 2.26. The van der Waals surface area contributed by atoms with Gasteiger partial charge in [-0.2, -0.15) is 10.2 Å². The second-order valence-electron chi connectivity index (χ2n) is 5.60. The first-order valence-electron chi connectivity index (χ1n) is 7.14. The SMILES string of the molecule is Cc1cc(Cc2nc(-c3ccc(C(C)C)cc3)n[nH]2)n[nH]1. The van der Waals surface area contributed by atoms with Crippen molar-refractivity contribution in [2.75, 3.05) is 0 Å². The smallest absolute Gasteiger partial charge is 0.181 e. The van der Waals surface area contributed by atoms with E-state index in [-0.39, 0.29) is 0 Å². The fraction of sp³-hybridized carbons (Fsp3) is 0.312. The van der Waals surface area contributed by atoms with Crippen LogP contribution in [0.3, 0.4) is 0 Å². The molecule has 3 aromatic rings. The number of hydrogen-bond acceptors (Lipinski definition) is 3. The second kappa shape index (κ2) is 5.52. The van der Waals surface area contributed by atoms with Gasteiger partial charge >= 0.3 is 0 Å². The van der Waals surface area contributed by atoms with Crippen LogP contribution in [0, 0.1) is 6.92 Å². The average Bonchev–Trinajstić information content (AvgIpc) is 3.09. The Balaban J connectivity index is 1.78. The zero-order valence-corrected chi connectivity index (χ0v) is 12.5. The van der Waals surface area contributed by atoms with Crippen LogP contribution in [0.4, 0.5) is 0 Å². The molecule has 0 saturated heterocycles. The van der Waals surface area contributed by atoms with Crippen molar-refractivity contribution in [1.29, 1.82) is 0 Å². The third-order valence-electron chi connectivity index (χ3n) is 3.47. The van der Waals surface area contributed by atoms with E-state index in [2.05, 4.69) is 63.5 Å². The summed E-state index contributed by atoms with van der Waals surface area (Å²) in [7, 11) is 0. The van der Waals surface area contributed by atoms with Crippen LogP contribution in [0.1, 0.15) is 42.5 Å². The molecule has 0 radical (unpaired) electrons. The van der Waals surface area contributed by atoms with Crippen LogP contribution in [0.5, 0.6) is 0 Å². The number of aromatic nitrogens is 5. The first kappa shape index (κ1) is 13.5. The summed E-state index contributed by atoms with van der Waals surface area (Å²) in [4.78, 5) is 4.54. The van der Waals surface area contributed by atoms with E-state index in [9.17, 15) is 0 Å². The zero-order valence-electron chi connectivity index (χ0n) is 12.5. The van der Waals surface area contributed by atoms with Crippen molar-refractivity contribution in [3.05, 3.63) is 53.1 Å². The molecule has 5 heteroatoms. The highest BCUT2D eigenvalue weighted by Crippen LogP contribution is 2.20. The summed E-state index contributed by atoms with van der Waals surface area (Å²) in [5, 5.41) is 14.4. The van der Waals surface area contributed by atoms with Gasteiger partial charge in [-0.15, -0.1) is 0 Å². The third kappa shape index (κ3) is 3.02. The van der Waals surface area contributed by atoms with Gasteiger partial charge in [0.15, 0.2) is 5.82 Å². The first-order chi connectivity index (χ1) is 10.1. The molecule has 0 aliphatic carbocycles. The minimum Gasteiger partial charge on any atom is -0.283 e. The van der Waals surface area contributed by atoms with E-state index in [0.717, 1.165) is 28.6 Å². The van der Waals surface area contributed by atoms with E-state index in [1.54, 1.807) is 0 Å². The lowest BCUT2D eigenvalue weighted by atomic mass is 10.0. The molecule has 0 amide bonds. The Morgan fingerprint density at radius 3 is 2.43 bits per heavy atom. The molecule has 2 aromatic heterocycles. The van der Waals surface area contributed by atoms with Gasteiger partial charge in [0, 0.05) is 11.3 Å². The predicted octanol–water partition coefficient (Wildman–Crippen LogP) is 3.22. The molecule has 0 bridgehead atoms. The summed E-state index contributed by atoms with van der Waals surface area (Å²) in [6, 6.07) is 10.4. The predicted molar refractivity (Wildman–Crippen MR) is 82.0 cm³/mol. The number of nitrogens with one attached hydrogen (secondary N) is 2. The highest BCUT2D eigenvalue weighted by molar-refractivity contribution is 5.55. The van der Waals surface area contributed by atoms with E-state index in [0.29, 0.717) is 12.3 Å². The van der Waals surface area contributed by atoms with Crippen LogP contribution >= 0.6 is 0 Å². The van der Waals surface area contributed by atoms with Crippen LogP contribution < -0.4 is 0 Å². The van der Waals surface area contributed by atoms with Crippen molar-refractivity contribution in [2.45, 2.75) is 33.1 Å². The Morgan fingerprint density at radius 1 is 1.05 bits per heavy atom. The maximum absolute atomic E-state index is 4.54. The van der Waals surface area contributed by atoms with Gasteiger partial charge in [0.25, 0.3) is 0 Å². The van der Waals surface area contributed by atoms with Gasteiger partial charge in [-0.05, 0) is 24.5 Å². The molecular weight excluding hydrogens is 262 g/mol. The summed E-state index contributed by atoms with van der Waals surface area (Å²) in [5.74, 6) is 2.08. The Bertz CT molecular complexity index is 721. The van der Waals surface area contributed by atoms with Gasteiger partial charge in [-0.3, -0.25) is 10.2 Å². The van der Waals surface area contributed by atoms with Gasteiger partial charge in [-0.1, -0.05) is 38.1 Å². The lowest BCUT2D eigenvalue weighted by molar-refractivity contribution is 0.867. The van der Waals surface area contributed by atoms with Gasteiger partial charge in [-0.25, -0.2) is 4.98 Å². The van der Waals surface area contributed by atoms with E-state index < -0.39 is 0 Å². The molecule has 0 aliphatic rings. The van der Waals surface area contributed by atoms with Crippen molar-refractivity contribution in [3.8, 4) is 11.4 Å². The average molecular weight is 281 g/mol. The molecule has 3 rings (SSSR count). The monoisotopic (exact) mass is 281 g/mol. The normalized spacial score (nSPS) is 11.2. The van der Waals surface area contributed by atoms with Crippen LogP contribution in [0.25, 0.3) is 11.4 Å². The molecule has 108 valence electrons. The van der Waals surface area contributed by atoms with Crippen LogP contribution in [0.2, 0.25) is 0 Å². The topological polar surface area (TPSA) is 70.2 Å². The maximum atomic E-state index is 4.54. The molecule has 1 aromatic carbocycles. The number of H-pyrrole nitrogens is 2. The highest BCUT2D eigenvalue weighted by Gasteiger charge is 2.08. The summed E-state index contributed by atoms with van der Waals surface area (Å²) >= 11 is 0. The Morgan fingerprint density at radius 2 is 1.81 bits per heavy atom. The number of aromatic amines is 2. The fourth-order valence-corrected chi connectivity index (χ4v) is 2.26. The molecule has 21 heavy (non-hydrogen) atoms. The second-order valence-corrected chi connectivity index (χ2v) is 5.60. The molecule has 0 spiro atoms. The van der Waals surface area contributed by atoms with Gasteiger partial charge in [0.1, 0.15) is 5.82 Å². The number of benzene rings is 1. The molecule has 0 unspecified atom stereocenters. The molecule has 0 atom stereocenters. The van der Waals surface area contributed by atoms with Gasteiger partial charge in [0.2, 0.25) is 0 Å². The van der Waals surface area contributed by atoms with Crippen molar-refractivity contribution in [1.82, 2.24) is 25.4 Å². The molecule has 0 fully saturated rings. The van der Waals surface area contributed by atoms with Crippen molar-refractivity contribution < 1.29 is 0 Å².